The van der Waals surface area contributed by atoms with Crippen LogP contribution in [0.4, 0.5) is 11.4 Å². The van der Waals surface area contributed by atoms with Gasteiger partial charge in [0.25, 0.3) is 5.69 Å². The molecule has 0 heterocycles. The summed E-state index contributed by atoms with van der Waals surface area (Å²) in [6.07, 6.45) is 0. The fourth-order valence-electron chi connectivity index (χ4n) is 1.63. The third-order valence-electron chi connectivity index (χ3n) is 2.64. The van der Waals surface area contributed by atoms with E-state index in [1.54, 1.807) is 12.1 Å². The van der Waals surface area contributed by atoms with Crippen LogP contribution in [0.2, 0.25) is 5.02 Å². The van der Waals surface area contributed by atoms with Crippen molar-refractivity contribution in [3.63, 3.8) is 0 Å². The van der Waals surface area contributed by atoms with E-state index in [2.05, 4.69) is 37.2 Å². The van der Waals surface area contributed by atoms with Gasteiger partial charge in [0.1, 0.15) is 0 Å². The molecule has 0 aromatic heterocycles. The summed E-state index contributed by atoms with van der Waals surface area (Å²) >= 11 is 12.7. The number of nitrogens with zero attached hydrogens (tertiary/aromatic N) is 1. The van der Waals surface area contributed by atoms with Crippen LogP contribution in [0, 0.1) is 10.1 Å². The molecule has 0 fully saturated rings. The summed E-state index contributed by atoms with van der Waals surface area (Å²) in [7, 11) is 0. The molecule has 0 aliphatic carbocycles. The molecule has 0 spiro atoms. The molecule has 0 bridgehead atoms. The standard InChI is InChI=1S/C13H9Br2ClN2O2/c14-11-3-1-9(16)5-8(11)7-17-13-4-2-10(18(19)20)6-12(13)15/h1-6,17H,7H2. The normalized spacial score (nSPS) is 10.3. The zero-order valence-corrected chi connectivity index (χ0v) is 14.0. The minimum Gasteiger partial charge on any atom is -0.380 e. The maximum absolute atomic E-state index is 10.7. The first kappa shape index (κ1) is 15.3. The number of benzene rings is 2. The molecule has 2 rings (SSSR count). The lowest BCUT2D eigenvalue weighted by molar-refractivity contribution is -0.384. The van der Waals surface area contributed by atoms with Crippen LogP contribution in [0.25, 0.3) is 0 Å². The van der Waals surface area contributed by atoms with Crippen molar-refractivity contribution >= 4 is 54.8 Å². The van der Waals surface area contributed by atoms with Crippen LogP contribution in [0.15, 0.2) is 45.3 Å². The van der Waals surface area contributed by atoms with Crippen molar-refractivity contribution in [1.29, 1.82) is 0 Å². The number of nitrogens with one attached hydrogen (secondary N) is 1. The highest BCUT2D eigenvalue weighted by Crippen LogP contribution is 2.28. The molecule has 0 aliphatic rings. The summed E-state index contributed by atoms with van der Waals surface area (Å²) in [5.74, 6) is 0. The molecule has 7 heteroatoms. The van der Waals surface area contributed by atoms with Crippen molar-refractivity contribution < 1.29 is 4.92 Å². The highest BCUT2D eigenvalue weighted by molar-refractivity contribution is 9.11. The Hall–Kier alpha value is -1.11. The number of hydrogen-bond acceptors (Lipinski definition) is 3. The van der Waals surface area contributed by atoms with E-state index >= 15 is 0 Å². The van der Waals surface area contributed by atoms with Gasteiger partial charge in [0.15, 0.2) is 0 Å². The van der Waals surface area contributed by atoms with Gasteiger partial charge in [-0.25, -0.2) is 0 Å². The minimum atomic E-state index is -0.428. The van der Waals surface area contributed by atoms with Crippen molar-refractivity contribution in [3.8, 4) is 0 Å². The van der Waals surface area contributed by atoms with Gasteiger partial charge in [-0.05, 0) is 45.8 Å². The van der Waals surface area contributed by atoms with Gasteiger partial charge in [0.2, 0.25) is 0 Å². The lowest BCUT2D eigenvalue weighted by atomic mass is 10.2. The second-order valence-electron chi connectivity index (χ2n) is 4.01. The molecule has 0 atom stereocenters. The molecule has 1 N–H and O–H groups in total. The van der Waals surface area contributed by atoms with E-state index in [0.29, 0.717) is 16.0 Å². The Balaban J connectivity index is 2.15. The first-order valence-corrected chi connectivity index (χ1v) is 7.55. The second-order valence-corrected chi connectivity index (χ2v) is 6.16. The molecule has 0 saturated carbocycles. The monoisotopic (exact) mass is 418 g/mol. The predicted molar refractivity (Wildman–Crippen MR) is 87.3 cm³/mol. The number of nitro benzene ring substituents is 1. The van der Waals surface area contributed by atoms with Crippen molar-refractivity contribution in [3.05, 3.63) is 66.0 Å². The van der Waals surface area contributed by atoms with Crippen molar-refractivity contribution in [1.82, 2.24) is 0 Å². The van der Waals surface area contributed by atoms with Gasteiger partial charge in [0, 0.05) is 38.3 Å². The molecular weight excluding hydrogens is 411 g/mol. The maximum Gasteiger partial charge on any atom is 0.270 e. The van der Waals surface area contributed by atoms with Gasteiger partial charge in [-0.1, -0.05) is 27.5 Å². The van der Waals surface area contributed by atoms with Crippen molar-refractivity contribution in [2.24, 2.45) is 0 Å². The summed E-state index contributed by atoms with van der Waals surface area (Å²) < 4.78 is 1.59. The summed E-state index contributed by atoms with van der Waals surface area (Å²) in [6.45, 7) is 0.553. The molecule has 4 nitrogen and oxygen atoms in total. The van der Waals surface area contributed by atoms with E-state index in [9.17, 15) is 10.1 Å². The maximum atomic E-state index is 10.7. The third kappa shape index (κ3) is 3.71. The Morgan fingerprint density at radius 2 is 1.90 bits per heavy atom. The second kappa shape index (κ2) is 6.56. The Kier molecular flexibility index (Phi) is 5.01. The topological polar surface area (TPSA) is 55.2 Å². The zero-order valence-electron chi connectivity index (χ0n) is 10.1. The van der Waals surface area contributed by atoms with E-state index in [0.717, 1.165) is 15.7 Å². The quantitative estimate of drug-likeness (QED) is 0.533. The Morgan fingerprint density at radius 3 is 2.55 bits per heavy atom. The van der Waals surface area contributed by atoms with Gasteiger partial charge < -0.3 is 5.32 Å². The average Bonchev–Trinajstić information content (AvgIpc) is 2.40. The zero-order chi connectivity index (χ0) is 14.7. The van der Waals surface area contributed by atoms with E-state index < -0.39 is 4.92 Å². The predicted octanol–water partition coefficient (Wildman–Crippen LogP) is 5.39. The first-order valence-electron chi connectivity index (χ1n) is 5.59. The number of nitro groups is 1. The number of anilines is 1. The molecule has 0 unspecified atom stereocenters. The molecule has 104 valence electrons. The number of non-ortho nitro benzene ring substituents is 1. The summed E-state index contributed by atoms with van der Waals surface area (Å²) in [6, 6.07) is 10.1. The van der Waals surface area contributed by atoms with Gasteiger partial charge in [-0.2, -0.15) is 0 Å². The largest absolute Gasteiger partial charge is 0.380 e. The molecule has 0 radical (unpaired) electrons. The van der Waals surface area contributed by atoms with Crippen LogP contribution in [0.5, 0.6) is 0 Å². The van der Waals surface area contributed by atoms with Crippen LogP contribution in [0.3, 0.4) is 0 Å². The smallest absolute Gasteiger partial charge is 0.270 e. The molecule has 0 aliphatic heterocycles. The van der Waals surface area contributed by atoms with E-state index in [1.807, 2.05) is 12.1 Å². The Bertz CT molecular complexity index is 665. The van der Waals surface area contributed by atoms with E-state index in [1.165, 1.54) is 12.1 Å². The fraction of sp³-hybridized carbons (Fsp3) is 0.0769. The van der Waals surface area contributed by atoms with Crippen molar-refractivity contribution in [2.75, 3.05) is 5.32 Å². The molecule has 0 saturated heterocycles. The van der Waals surface area contributed by atoms with Gasteiger partial charge in [0.05, 0.1) is 4.92 Å². The van der Waals surface area contributed by atoms with E-state index in [-0.39, 0.29) is 5.69 Å². The average molecular weight is 420 g/mol. The minimum absolute atomic E-state index is 0.0476. The van der Waals surface area contributed by atoms with E-state index in [4.69, 9.17) is 11.6 Å². The van der Waals surface area contributed by atoms with Crippen molar-refractivity contribution in [2.45, 2.75) is 6.54 Å². The van der Waals surface area contributed by atoms with Crippen LogP contribution in [-0.2, 0) is 6.54 Å². The van der Waals surface area contributed by atoms with Gasteiger partial charge >= 0.3 is 0 Å². The highest BCUT2D eigenvalue weighted by atomic mass is 79.9. The Labute approximate surface area is 137 Å². The summed E-state index contributed by atoms with van der Waals surface area (Å²) in [4.78, 5) is 10.2. The molecule has 0 amide bonds. The van der Waals surface area contributed by atoms with Crippen LogP contribution < -0.4 is 5.32 Å². The lowest BCUT2D eigenvalue weighted by Crippen LogP contribution is -2.01. The molecule has 2 aromatic carbocycles. The molecule has 2 aromatic rings. The lowest BCUT2D eigenvalue weighted by Gasteiger charge is -2.10. The molecular formula is C13H9Br2ClN2O2. The SMILES string of the molecule is O=[N+]([O-])c1ccc(NCc2cc(Cl)ccc2Br)c(Br)c1. The van der Waals surface area contributed by atoms with Crippen LogP contribution in [-0.4, -0.2) is 4.92 Å². The molecule has 20 heavy (non-hydrogen) atoms. The number of hydrogen-bond donors (Lipinski definition) is 1. The highest BCUT2D eigenvalue weighted by Gasteiger charge is 2.09. The number of rotatable bonds is 4. The first-order chi connectivity index (χ1) is 9.47. The van der Waals surface area contributed by atoms with Crippen LogP contribution >= 0.6 is 43.5 Å². The third-order valence-corrected chi connectivity index (χ3v) is 4.31. The Morgan fingerprint density at radius 1 is 1.15 bits per heavy atom. The summed E-state index contributed by atoms with van der Waals surface area (Å²) in [5, 5.41) is 14.5. The number of halogens is 3. The van der Waals surface area contributed by atoms with Gasteiger partial charge in [-0.15, -0.1) is 0 Å². The van der Waals surface area contributed by atoms with Gasteiger partial charge in [-0.3, -0.25) is 10.1 Å². The fourth-order valence-corrected chi connectivity index (χ4v) is 2.72. The van der Waals surface area contributed by atoms with Crippen LogP contribution in [0.1, 0.15) is 5.56 Å². The summed E-state index contributed by atoms with van der Waals surface area (Å²) in [5.41, 5.74) is 1.83.